The SMILES string of the molecule is CC(NC(=O)N1CCC2(CC1)C(=O)NCN2c1ccccc1)C(NC(=O)OC(C)(C)C)C(=O)O. The molecule has 1 aromatic carbocycles. The predicted molar refractivity (Wildman–Crippen MR) is 124 cm³/mol. The van der Waals surface area contributed by atoms with Crippen LogP contribution >= 0.6 is 0 Å². The number of para-hydroxylation sites is 1. The molecule has 0 radical (unpaired) electrons. The molecule has 186 valence electrons. The second-order valence-corrected chi connectivity index (χ2v) is 9.65. The number of piperidine rings is 1. The monoisotopic (exact) mass is 475 g/mol. The van der Waals surface area contributed by atoms with E-state index >= 15 is 0 Å². The number of carbonyl (C=O) groups is 4. The number of hydrogen-bond donors (Lipinski definition) is 4. The number of anilines is 1. The van der Waals surface area contributed by atoms with Crippen LogP contribution < -0.4 is 20.9 Å². The summed E-state index contributed by atoms with van der Waals surface area (Å²) in [6, 6.07) is 6.92. The molecular weight excluding hydrogens is 442 g/mol. The minimum atomic E-state index is -1.37. The van der Waals surface area contributed by atoms with Crippen LogP contribution in [0.1, 0.15) is 40.5 Å². The third kappa shape index (κ3) is 5.52. The molecule has 2 fully saturated rings. The average molecular weight is 476 g/mol. The number of urea groups is 1. The van der Waals surface area contributed by atoms with Crippen LogP contribution in [0.2, 0.25) is 0 Å². The maximum absolute atomic E-state index is 12.9. The van der Waals surface area contributed by atoms with E-state index in [1.165, 1.54) is 6.92 Å². The van der Waals surface area contributed by atoms with Gasteiger partial charge in [-0.3, -0.25) is 4.79 Å². The van der Waals surface area contributed by atoms with Gasteiger partial charge in [-0.1, -0.05) is 18.2 Å². The first-order chi connectivity index (χ1) is 15.9. The van der Waals surface area contributed by atoms with Crippen molar-refractivity contribution in [3.8, 4) is 0 Å². The smallest absolute Gasteiger partial charge is 0.408 e. The third-order valence-corrected chi connectivity index (χ3v) is 6.07. The van der Waals surface area contributed by atoms with Gasteiger partial charge in [-0.25, -0.2) is 14.4 Å². The van der Waals surface area contributed by atoms with Gasteiger partial charge >= 0.3 is 18.1 Å². The van der Waals surface area contributed by atoms with Gasteiger partial charge in [0, 0.05) is 18.8 Å². The maximum atomic E-state index is 12.9. The van der Waals surface area contributed by atoms with Gasteiger partial charge in [0.1, 0.15) is 17.2 Å². The van der Waals surface area contributed by atoms with Gasteiger partial charge in [0.05, 0.1) is 12.7 Å². The number of ether oxygens (including phenoxy) is 1. The van der Waals surface area contributed by atoms with E-state index in [1.807, 2.05) is 35.2 Å². The zero-order chi connectivity index (χ0) is 25.1. The van der Waals surface area contributed by atoms with Gasteiger partial charge in [0.25, 0.3) is 0 Å². The average Bonchev–Trinajstić information content (AvgIpc) is 3.07. The summed E-state index contributed by atoms with van der Waals surface area (Å²) in [6.45, 7) is 7.56. The molecule has 11 nitrogen and oxygen atoms in total. The van der Waals surface area contributed by atoms with Crippen LogP contribution in [0.15, 0.2) is 30.3 Å². The molecule has 2 aliphatic rings. The lowest BCUT2D eigenvalue weighted by atomic mass is 9.85. The Morgan fingerprint density at radius 1 is 1.12 bits per heavy atom. The Morgan fingerprint density at radius 3 is 2.29 bits per heavy atom. The van der Waals surface area contributed by atoms with Crippen LogP contribution in [0.4, 0.5) is 15.3 Å². The standard InChI is InChI=1S/C23H33N5O6/c1-15(17(18(29)30)26-21(33)34-22(2,3)4)25-20(32)27-12-10-23(11-13-27)19(31)24-14-28(23)16-8-6-5-7-9-16/h5-9,15,17H,10-14H2,1-4H3,(H,24,31)(H,25,32)(H,26,33)(H,29,30). The van der Waals surface area contributed by atoms with Crippen LogP contribution in [0.25, 0.3) is 0 Å². The Kier molecular flexibility index (Phi) is 7.23. The van der Waals surface area contributed by atoms with Crippen LogP contribution in [0.5, 0.6) is 0 Å². The van der Waals surface area contributed by atoms with E-state index < -0.39 is 41.3 Å². The molecule has 2 saturated heterocycles. The van der Waals surface area contributed by atoms with Crippen LogP contribution in [-0.2, 0) is 14.3 Å². The largest absolute Gasteiger partial charge is 0.480 e. The molecule has 2 heterocycles. The van der Waals surface area contributed by atoms with Gasteiger partial charge in [-0.2, -0.15) is 0 Å². The molecule has 34 heavy (non-hydrogen) atoms. The molecule has 0 aromatic heterocycles. The fourth-order valence-corrected chi connectivity index (χ4v) is 4.32. The topological polar surface area (TPSA) is 140 Å². The highest BCUT2D eigenvalue weighted by Gasteiger charge is 2.51. The summed E-state index contributed by atoms with van der Waals surface area (Å²) in [4.78, 5) is 52.9. The summed E-state index contributed by atoms with van der Waals surface area (Å²) in [5, 5.41) is 17.4. The Morgan fingerprint density at radius 2 is 1.74 bits per heavy atom. The number of hydrogen-bond acceptors (Lipinski definition) is 6. The maximum Gasteiger partial charge on any atom is 0.408 e. The van der Waals surface area contributed by atoms with Gasteiger partial charge < -0.3 is 35.6 Å². The van der Waals surface area contributed by atoms with Crippen molar-refractivity contribution in [2.75, 3.05) is 24.7 Å². The number of alkyl carbamates (subject to hydrolysis) is 1. The number of nitrogens with one attached hydrogen (secondary N) is 3. The Balaban J connectivity index is 1.60. The number of aliphatic carboxylic acids is 1. The Hall–Kier alpha value is -3.50. The number of carboxylic acids is 1. The predicted octanol–water partition coefficient (Wildman–Crippen LogP) is 1.49. The van der Waals surface area contributed by atoms with Crippen molar-refractivity contribution in [2.45, 2.75) is 63.8 Å². The van der Waals surface area contributed by atoms with Crippen molar-refractivity contribution in [2.24, 2.45) is 0 Å². The highest BCUT2D eigenvalue weighted by Crippen LogP contribution is 2.36. The number of amides is 4. The minimum Gasteiger partial charge on any atom is -0.480 e. The summed E-state index contributed by atoms with van der Waals surface area (Å²) in [6.07, 6.45) is -0.00333. The zero-order valence-electron chi connectivity index (χ0n) is 20.0. The van der Waals surface area contributed by atoms with E-state index in [9.17, 15) is 24.3 Å². The summed E-state index contributed by atoms with van der Waals surface area (Å²) in [5.41, 5.74) is -0.584. The van der Waals surface area contributed by atoms with E-state index in [4.69, 9.17) is 4.74 Å². The molecule has 3 rings (SSSR count). The fourth-order valence-electron chi connectivity index (χ4n) is 4.32. The fraction of sp³-hybridized carbons (Fsp3) is 0.565. The number of carbonyl (C=O) groups excluding carboxylic acids is 3. The number of likely N-dealkylation sites (tertiary alicyclic amines) is 1. The van der Waals surface area contributed by atoms with Crippen molar-refractivity contribution in [1.82, 2.24) is 20.9 Å². The first kappa shape index (κ1) is 25.1. The Bertz CT molecular complexity index is 924. The lowest BCUT2D eigenvalue weighted by Gasteiger charge is -2.43. The molecule has 0 saturated carbocycles. The van der Waals surface area contributed by atoms with Gasteiger partial charge in [0.2, 0.25) is 5.91 Å². The van der Waals surface area contributed by atoms with E-state index in [-0.39, 0.29) is 5.91 Å². The van der Waals surface area contributed by atoms with Crippen LogP contribution in [-0.4, -0.2) is 77.0 Å². The molecule has 2 unspecified atom stereocenters. The first-order valence-corrected chi connectivity index (χ1v) is 11.3. The lowest BCUT2D eigenvalue weighted by molar-refractivity contribution is -0.140. The van der Waals surface area contributed by atoms with Gasteiger partial charge in [0.15, 0.2) is 0 Å². The molecule has 0 bridgehead atoms. The normalized spacial score (nSPS) is 19.2. The summed E-state index contributed by atoms with van der Waals surface area (Å²) in [5.74, 6) is -1.35. The molecule has 1 spiro atoms. The quantitative estimate of drug-likeness (QED) is 0.506. The molecule has 4 amide bonds. The van der Waals surface area contributed by atoms with Crippen molar-refractivity contribution >= 4 is 29.7 Å². The minimum absolute atomic E-state index is 0.0581. The summed E-state index contributed by atoms with van der Waals surface area (Å²) in [7, 11) is 0. The zero-order valence-corrected chi connectivity index (χ0v) is 20.0. The highest BCUT2D eigenvalue weighted by molar-refractivity contribution is 5.93. The number of benzene rings is 1. The second-order valence-electron chi connectivity index (χ2n) is 9.65. The Labute approximate surface area is 198 Å². The summed E-state index contributed by atoms with van der Waals surface area (Å²) >= 11 is 0. The van der Waals surface area contributed by atoms with Crippen LogP contribution in [0, 0.1) is 0 Å². The molecule has 0 aliphatic carbocycles. The van der Waals surface area contributed by atoms with Crippen LogP contribution in [0.3, 0.4) is 0 Å². The lowest BCUT2D eigenvalue weighted by Crippen LogP contribution is -2.61. The van der Waals surface area contributed by atoms with Gasteiger partial charge in [-0.05, 0) is 52.7 Å². The highest BCUT2D eigenvalue weighted by atomic mass is 16.6. The summed E-state index contributed by atoms with van der Waals surface area (Å²) < 4.78 is 5.12. The molecule has 2 aliphatic heterocycles. The third-order valence-electron chi connectivity index (χ3n) is 6.07. The molecule has 1 aromatic rings. The molecule has 4 N–H and O–H groups in total. The van der Waals surface area contributed by atoms with E-state index in [0.717, 1.165) is 5.69 Å². The van der Waals surface area contributed by atoms with E-state index in [1.54, 1.807) is 25.7 Å². The molecule has 11 heteroatoms. The van der Waals surface area contributed by atoms with E-state index in [0.29, 0.717) is 32.6 Å². The van der Waals surface area contributed by atoms with Crippen molar-refractivity contribution in [3.05, 3.63) is 30.3 Å². The van der Waals surface area contributed by atoms with E-state index in [2.05, 4.69) is 16.0 Å². The number of carboxylic acid groups (broad SMARTS) is 1. The second kappa shape index (κ2) is 9.78. The van der Waals surface area contributed by atoms with Gasteiger partial charge in [-0.15, -0.1) is 0 Å². The number of nitrogens with zero attached hydrogens (tertiary/aromatic N) is 2. The van der Waals surface area contributed by atoms with Crippen molar-refractivity contribution in [1.29, 1.82) is 0 Å². The molecule has 2 atom stereocenters. The van der Waals surface area contributed by atoms with Crippen molar-refractivity contribution in [3.63, 3.8) is 0 Å². The van der Waals surface area contributed by atoms with Crippen molar-refractivity contribution < 1.29 is 29.0 Å². The first-order valence-electron chi connectivity index (χ1n) is 11.3. The number of rotatable bonds is 5. The molecular formula is C23H33N5O6.